The lowest BCUT2D eigenvalue weighted by Crippen LogP contribution is -2.00. The molecule has 0 spiro atoms. The highest BCUT2D eigenvalue weighted by Gasteiger charge is 2.24. The number of hydrogen-bond donors (Lipinski definition) is 0. The van der Waals surface area contributed by atoms with E-state index < -0.39 is 0 Å². The van der Waals surface area contributed by atoms with Crippen molar-refractivity contribution in [3.63, 3.8) is 0 Å². The lowest BCUT2D eigenvalue weighted by molar-refractivity contribution is 0.668. The van der Waals surface area contributed by atoms with Crippen molar-refractivity contribution in [2.75, 3.05) is 0 Å². The van der Waals surface area contributed by atoms with E-state index in [1.165, 1.54) is 105 Å². The standard InChI is InChI=1S/3C45H27N3OS/c1-3-10-28(11-4-1)29-18-20-31(21-19-29)44-46-43(30-12-5-2-6-13-30)47-45(48-44)33-23-25-36-35-24-22-32(26-40(35)50-41(36)27-33)34-15-9-17-39-42(34)37-14-7-8-16-38(37)49-39;1-3-9-28(10-4-1)29-15-17-31(18-16-29)44-46-43(30-11-5-2-6-12-30)47-45(48-44)34-20-23-37-36-22-19-33(26-41(36)50-42(37)27-34)32-21-24-40-38(25-32)35-13-7-8-14-39(35)49-40;1-3-9-28(10-4-1)29-15-17-31(18-16-29)44-46-43(30-11-5-2-6-12-30)47-45(48-44)34-21-24-38-37-23-20-33(26-41(37)50-42(38)27-34)32-19-22-36-35-13-7-8-14-39(35)49-40(36)25-32/h3*1-27H. The van der Waals surface area contributed by atoms with Crippen molar-refractivity contribution in [1.29, 1.82) is 0 Å². The van der Waals surface area contributed by atoms with Gasteiger partial charge in [-0.1, -0.05) is 406 Å². The molecule has 30 rings (SSSR count). The van der Waals surface area contributed by atoms with Gasteiger partial charge in [0.15, 0.2) is 52.4 Å². The van der Waals surface area contributed by atoms with Crippen LogP contribution in [0.2, 0.25) is 0 Å². The molecule has 12 nitrogen and oxygen atoms in total. The molecule has 0 radical (unpaired) electrons. The predicted octanol–water partition coefficient (Wildman–Crippen LogP) is 37.4. The first-order chi connectivity index (χ1) is 74.2. The van der Waals surface area contributed by atoms with Gasteiger partial charge in [0, 0.05) is 143 Å². The van der Waals surface area contributed by atoms with Crippen molar-refractivity contribution in [2.45, 2.75) is 0 Å². The van der Waals surface area contributed by atoms with Gasteiger partial charge in [-0.2, -0.15) is 0 Å². The van der Waals surface area contributed by atoms with E-state index in [0.29, 0.717) is 52.4 Å². The maximum atomic E-state index is 6.19. The second kappa shape index (κ2) is 37.7. The Kier molecular flexibility index (Phi) is 22.2. The molecule has 30 aromatic rings. The number of fused-ring (bicyclic) bond motifs is 18. The Balaban J connectivity index is 0.000000108. The molecule has 0 aliphatic rings. The molecule has 21 aromatic carbocycles. The Morgan fingerprint density at radius 2 is 0.333 bits per heavy atom. The summed E-state index contributed by atoms with van der Waals surface area (Å²) in [5.74, 6) is 5.87. The lowest BCUT2D eigenvalue weighted by Gasteiger charge is -2.09. The molecule has 9 aromatic heterocycles. The monoisotopic (exact) mass is 1970 g/mol. The summed E-state index contributed by atoms with van der Waals surface area (Å²) in [7, 11) is 0. The fraction of sp³-hybridized carbons (Fsp3) is 0. The van der Waals surface area contributed by atoms with Crippen LogP contribution in [0.25, 0.3) is 296 Å². The van der Waals surface area contributed by atoms with Crippen LogP contribution in [0, 0.1) is 0 Å². The van der Waals surface area contributed by atoms with Crippen LogP contribution in [0.4, 0.5) is 0 Å². The van der Waals surface area contributed by atoms with Crippen LogP contribution in [0.1, 0.15) is 0 Å². The molecule has 0 fully saturated rings. The molecule has 702 valence electrons. The van der Waals surface area contributed by atoms with E-state index in [0.717, 1.165) is 138 Å². The second-order valence-corrected chi connectivity index (χ2v) is 40.6. The van der Waals surface area contributed by atoms with Crippen LogP contribution < -0.4 is 0 Å². The smallest absolute Gasteiger partial charge is 0.164 e. The lowest BCUT2D eigenvalue weighted by atomic mass is 9.98. The summed E-state index contributed by atoms with van der Waals surface area (Å²) in [6.07, 6.45) is 0. The first kappa shape index (κ1) is 88.4. The zero-order chi connectivity index (χ0) is 99.1. The van der Waals surface area contributed by atoms with Crippen LogP contribution in [0.15, 0.2) is 505 Å². The second-order valence-electron chi connectivity index (χ2n) is 37.3. The molecular weight excluding hydrogens is 1890 g/mol. The molecular formula is C135H81N9O3S3. The van der Waals surface area contributed by atoms with E-state index in [4.69, 9.17) is 58.1 Å². The minimum Gasteiger partial charge on any atom is -0.456 e. The van der Waals surface area contributed by atoms with E-state index >= 15 is 0 Å². The van der Waals surface area contributed by atoms with Gasteiger partial charge >= 0.3 is 0 Å². The maximum absolute atomic E-state index is 6.19. The number of benzene rings is 21. The van der Waals surface area contributed by atoms with Crippen LogP contribution >= 0.6 is 34.0 Å². The number of rotatable bonds is 15. The topological polar surface area (TPSA) is 155 Å². The molecule has 15 heteroatoms. The van der Waals surface area contributed by atoms with Gasteiger partial charge in [0.2, 0.25) is 0 Å². The number of furan rings is 3. The Bertz CT molecular complexity index is 10500. The third-order valence-corrected chi connectivity index (χ3v) is 31.4. The van der Waals surface area contributed by atoms with E-state index in [1.54, 1.807) is 34.0 Å². The molecule has 0 amide bonds. The van der Waals surface area contributed by atoms with Crippen LogP contribution in [-0.4, -0.2) is 44.9 Å². The van der Waals surface area contributed by atoms with Crippen LogP contribution in [0.5, 0.6) is 0 Å². The first-order valence-corrected chi connectivity index (χ1v) is 52.2. The number of para-hydroxylation sites is 3. The van der Waals surface area contributed by atoms with Crippen molar-refractivity contribution < 1.29 is 13.3 Å². The summed E-state index contributed by atoms with van der Waals surface area (Å²) in [4.78, 5) is 44.9. The first-order valence-electron chi connectivity index (χ1n) is 49.8. The van der Waals surface area contributed by atoms with Gasteiger partial charge in [-0.3, -0.25) is 0 Å². The Morgan fingerprint density at radius 3 is 0.707 bits per heavy atom. The molecule has 150 heavy (non-hydrogen) atoms. The van der Waals surface area contributed by atoms with E-state index in [9.17, 15) is 0 Å². The number of hydrogen-bond acceptors (Lipinski definition) is 15. The molecule has 0 N–H and O–H groups in total. The molecule has 0 unspecified atom stereocenters. The quantitative estimate of drug-likeness (QED) is 0.0959. The van der Waals surface area contributed by atoms with Gasteiger partial charge in [-0.15, -0.1) is 34.0 Å². The predicted molar refractivity (Wildman–Crippen MR) is 622 cm³/mol. The van der Waals surface area contributed by atoms with Gasteiger partial charge in [-0.05, 0) is 152 Å². The average molecular weight is 1970 g/mol. The van der Waals surface area contributed by atoms with E-state index in [2.05, 4.69) is 340 Å². The fourth-order valence-electron chi connectivity index (χ4n) is 20.5. The molecule has 9 heterocycles. The normalized spacial score (nSPS) is 11.6. The summed E-state index contributed by atoms with van der Waals surface area (Å²) in [5, 5.41) is 14.3. The maximum Gasteiger partial charge on any atom is 0.164 e. The molecule has 0 atom stereocenters. The third kappa shape index (κ3) is 16.8. The largest absolute Gasteiger partial charge is 0.456 e. The summed E-state index contributed by atoms with van der Waals surface area (Å²) >= 11 is 5.39. The summed E-state index contributed by atoms with van der Waals surface area (Å²) in [6, 6.07) is 171. The Morgan fingerprint density at radius 1 is 0.120 bits per heavy atom. The minimum atomic E-state index is 0.649. The van der Waals surface area contributed by atoms with Crippen molar-refractivity contribution >= 4 is 160 Å². The van der Waals surface area contributed by atoms with Crippen molar-refractivity contribution in [1.82, 2.24) is 44.9 Å². The van der Waals surface area contributed by atoms with Crippen LogP contribution in [0.3, 0.4) is 0 Å². The summed E-state index contributed by atoms with van der Waals surface area (Å²) in [5.41, 5.74) is 28.0. The Labute approximate surface area is 872 Å². The molecule has 0 bridgehead atoms. The highest BCUT2D eigenvalue weighted by atomic mass is 32.1. The zero-order valence-electron chi connectivity index (χ0n) is 80.2. The van der Waals surface area contributed by atoms with Gasteiger partial charge in [0.1, 0.15) is 33.5 Å². The highest BCUT2D eigenvalue weighted by molar-refractivity contribution is 7.26. The zero-order valence-corrected chi connectivity index (χ0v) is 82.7. The van der Waals surface area contributed by atoms with E-state index in [1.807, 2.05) is 152 Å². The van der Waals surface area contributed by atoms with E-state index in [-0.39, 0.29) is 0 Å². The van der Waals surface area contributed by atoms with Gasteiger partial charge < -0.3 is 13.3 Å². The number of nitrogens with zero attached hydrogens (tertiary/aromatic N) is 9. The molecule has 0 saturated carbocycles. The molecule has 0 aliphatic heterocycles. The number of thiophene rings is 3. The fourth-order valence-corrected chi connectivity index (χ4v) is 24.0. The summed E-state index contributed by atoms with van der Waals surface area (Å²) in [6.45, 7) is 0. The van der Waals surface area contributed by atoms with Gasteiger partial charge in [0.05, 0.1) is 0 Å². The number of aromatic nitrogens is 9. The molecule has 0 saturated heterocycles. The van der Waals surface area contributed by atoms with Crippen molar-refractivity contribution in [2.24, 2.45) is 0 Å². The SMILES string of the molecule is c1ccc(-c2ccc(-c3nc(-c4ccccc4)nc(-c4ccc5c(c4)sc4cc(-c6ccc7c(c6)oc6ccccc67)ccc45)n3)cc2)cc1.c1ccc(-c2ccc(-c3nc(-c4ccccc4)nc(-c4ccc5c(c4)sc4cc(-c6ccc7oc8ccccc8c7c6)ccc45)n3)cc2)cc1.c1ccc(-c2ccc(-c3nc(-c4ccccc4)nc(-c4ccc5c(c4)sc4cc(-c6cccc7oc8ccccc8c67)ccc45)n3)cc2)cc1. The average Bonchev–Trinajstić information content (AvgIpc) is 1.60. The minimum absolute atomic E-state index is 0.649. The highest BCUT2D eigenvalue weighted by Crippen LogP contribution is 2.47. The summed E-state index contributed by atoms with van der Waals surface area (Å²) < 4.78 is 25.7. The van der Waals surface area contributed by atoms with Crippen LogP contribution in [-0.2, 0) is 0 Å². The van der Waals surface area contributed by atoms with Crippen molar-refractivity contribution in [3.8, 4) is 169 Å². The van der Waals surface area contributed by atoms with Gasteiger partial charge in [0.25, 0.3) is 0 Å². The van der Waals surface area contributed by atoms with Gasteiger partial charge in [-0.25, -0.2) is 44.9 Å². The Hall–Kier alpha value is -19.3. The van der Waals surface area contributed by atoms with Crippen molar-refractivity contribution in [3.05, 3.63) is 491 Å². The third-order valence-electron chi connectivity index (χ3n) is 28.1. The molecule has 0 aliphatic carbocycles.